The van der Waals surface area contributed by atoms with Crippen LogP contribution in [0.25, 0.3) is 0 Å². The normalized spacial score (nSPS) is 14.7. The van der Waals surface area contributed by atoms with Crippen LogP contribution in [0.3, 0.4) is 0 Å². The third-order valence-electron chi connectivity index (χ3n) is 7.28. The van der Waals surface area contributed by atoms with Crippen LogP contribution in [-0.4, -0.2) is 60.5 Å². The van der Waals surface area contributed by atoms with Gasteiger partial charge in [-0.1, -0.05) is 30.3 Å². The highest BCUT2D eigenvalue weighted by atomic mass is 19.2. The Balaban J connectivity index is 1.33. The minimum atomic E-state index is -1.36. The second kappa shape index (κ2) is 11.4. The van der Waals surface area contributed by atoms with E-state index in [0.29, 0.717) is 17.7 Å². The van der Waals surface area contributed by atoms with Gasteiger partial charge in [-0.25, -0.2) is 13.6 Å². The highest BCUT2D eigenvalue weighted by Gasteiger charge is 2.38. The van der Waals surface area contributed by atoms with Gasteiger partial charge in [-0.15, -0.1) is 0 Å². The van der Waals surface area contributed by atoms with Gasteiger partial charge in [-0.3, -0.25) is 24.2 Å². The van der Waals surface area contributed by atoms with Gasteiger partial charge in [0.2, 0.25) is 5.91 Å². The number of carbonyl (C=O) groups excluding carboxylic acids is 3. The van der Waals surface area contributed by atoms with Crippen LogP contribution in [0.4, 0.5) is 30.6 Å². The number of aryl methyl sites for hydroxylation is 1. The number of fused-ring (bicyclic) bond motifs is 2. The molecule has 11 heteroatoms. The fraction of sp³-hybridized carbons (Fsp3) is 0.267. The smallest absolute Gasteiger partial charge is 0.325 e. The largest absolute Gasteiger partial charge is 0.480 e. The lowest BCUT2D eigenvalue weighted by Gasteiger charge is -2.37. The Morgan fingerprint density at radius 2 is 1.66 bits per heavy atom. The zero-order chi connectivity index (χ0) is 29.3. The standard InChI is InChI=1S/C30H28F2N4O5/c1-33(30(41)36-17-25(37)35(18-26(38)39)24-14-13-22(31)27(32)28(24)36)16-19-9-11-21(12-10-19)29(40)34-15-5-4-7-20-6-2-3-8-23(20)34/h2-3,6,8-14H,4-5,7,15-18H2,1H3,(H,38,39). The van der Waals surface area contributed by atoms with Gasteiger partial charge in [0, 0.05) is 31.4 Å². The molecular formula is C30H28F2N4O5. The number of rotatable bonds is 5. The highest BCUT2D eigenvalue weighted by Crippen LogP contribution is 2.38. The van der Waals surface area contributed by atoms with E-state index in [-0.39, 0.29) is 18.1 Å². The second-order valence-electron chi connectivity index (χ2n) is 10.1. The van der Waals surface area contributed by atoms with Crippen molar-refractivity contribution < 1.29 is 33.1 Å². The number of aliphatic carboxylic acids is 1. The molecule has 0 bridgehead atoms. The molecule has 212 valence electrons. The maximum absolute atomic E-state index is 14.9. The highest BCUT2D eigenvalue weighted by molar-refractivity contribution is 6.12. The number of amides is 4. The first kappa shape index (κ1) is 27.8. The van der Waals surface area contributed by atoms with E-state index in [1.807, 2.05) is 24.3 Å². The van der Waals surface area contributed by atoms with Crippen molar-refractivity contribution in [2.24, 2.45) is 0 Å². The number of urea groups is 1. The molecule has 0 radical (unpaired) electrons. The van der Waals surface area contributed by atoms with Gasteiger partial charge in [-0.05, 0) is 60.7 Å². The number of para-hydroxylation sites is 1. The lowest BCUT2D eigenvalue weighted by Crippen LogP contribution is -2.53. The molecule has 0 atom stereocenters. The van der Waals surface area contributed by atoms with Crippen molar-refractivity contribution in [3.63, 3.8) is 0 Å². The molecule has 3 aromatic rings. The molecule has 2 heterocycles. The number of carbonyl (C=O) groups is 4. The van der Waals surface area contributed by atoms with Gasteiger partial charge >= 0.3 is 12.0 Å². The van der Waals surface area contributed by atoms with Crippen LogP contribution >= 0.6 is 0 Å². The lowest BCUT2D eigenvalue weighted by atomic mass is 10.1. The molecule has 0 saturated carbocycles. The molecular weight excluding hydrogens is 534 g/mol. The molecule has 5 rings (SSSR count). The molecule has 9 nitrogen and oxygen atoms in total. The van der Waals surface area contributed by atoms with E-state index in [2.05, 4.69) is 0 Å². The van der Waals surface area contributed by atoms with Crippen LogP contribution in [0.2, 0.25) is 0 Å². The molecule has 4 amide bonds. The van der Waals surface area contributed by atoms with Crippen LogP contribution in [-0.2, 0) is 22.6 Å². The van der Waals surface area contributed by atoms with Gasteiger partial charge in [0.25, 0.3) is 5.91 Å². The van der Waals surface area contributed by atoms with E-state index >= 15 is 0 Å². The number of carboxylic acids is 1. The number of benzene rings is 3. The Morgan fingerprint density at radius 1 is 0.927 bits per heavy atom. The van der Waals surface area contributed by atoms with Crippen LogP contribution in [0.5, 0.6) is 0 Å². The first-order valence-corrected chi connectivity index (χ1v) is 13.2. The zero-order valence-corrected chi connectivity index (χ0v) is 22.3. The van der Waals surface area contributed by atoms with Crippen molar-refractivity contribution >= 4 is 40.9 Å². The topological polar surface area (TPSA) is 101 Å². The first-order chi connectivity index (χ1) is 19.7. The Labute approximate surface area is 235 Å². The summed E-state index contributed by atoms with van der Waals surface area (Å²) in [4.78, 5) is 55.3. The number of anilines is 3. The minimum absolute atomic E-state index is 0.0512. The fourth-order valence-electron chi connectivity index (χ4n) is 5.27. The van der Waals surface area contributed by atoms with E-state index in [1.54, 1.807) is 29.2 Å². The average molecular weight is 563 g/mol. The summed E-state index contributed by atoms with van der Waals surface area (Å²) < 4.78 is 29.0. The number of hydrogen-bond donors (Lipinski definition) is 1. The summed E-state index contributed by atoms with van der Waals surface area (Å²) in [5, 5.41) is 9.17. The van der Waals surface area contributed by atoms with E-state index < -0.39 is 48.3 Å². The lowest BCUT2D eigenvalue weighted by molar-refractivity contribution is -0.136. The van der Waals surface area contributed by atoms with Crippen molar-refractivity contribution in [2.75, 3.05) is 41.4 Å². The molecule has 0 fully saturated rings. The van der Waals surface area contributed by atoms with Crippen molar-refractivity contribution in [1.29, 1.82) is 0 Å². The average Bonchev–Trinajstić information content (AvgIpc) is 3.18. The molecule has 1 N–H and O–H groups in total. The van der Waals surface area contributed by atoms with E-state index in [1.165, 1.54) is 11.9 Å². The van der Waals surface area contributed by atoms with Gasteiger partial charge < -0.3 is 14.9 Å². The quantitative estimate of drug-likeness (QED) is 0.496. The van der Waals surface area contributed by atoms with Gasteiger partial charge in [0.15, 0.2) is 11.6 Å². The number of nitrogens with zero attached hydrogens (tertiary/aromatic N) is 4. The second-order valence-corrected chi connectivity index (χ2v) is 10.1. The van der Waals surface area contributed by atoms with Gasteiger partial charge in [-0.2, -0.15) is 0 Å². The van der Waals surface area contributed by atoms with Gasteiger partial charge in [0.05, 0.1) is 5.69 Å². The molecule has 0 aromatic heterocycles. The molecule has 0 unspecified atom stereocenters. The number of halogens is 2. The summed E-state index contributed by atoms with van der Waals surface area (Å²) in [5.74, 6) is -4.80. The number of hydrogen-bond acceptors (Lipinski definition) is 4. The maximum atomic E-state index is 14.9. The Morgan fingerprint density at radius 3 is 2.39 bits per heavy atom. The van der Waals surface area contributed by atoms with Crippen molar-refractivity contribution in [1.82, 2.24) is 4.90 Å². The SMILES string of the molecule is CN(Cc1ccc(C(=O)N2CCCCc3ccccc32)cc1)C(=O)N1CC(=O)N(CC(=O)O)c2ccc(F)c(F)c21. The summed E-state index contributed by atoms with van der Waals surface area (Å²) in [5.41, 5.74) is 2.50. The maximum Gasteiger partial charge on any atom is 0.325 e. The van der Waals surface area contributed by atoms with E-state index in [9.17, 15) is 28.0 Å². The predicted molar refractivity (Wildman–Crippen MR) is 148 cm³/mol. The first-order valence-electron chi connectivity index (χ1n) is 13.2. The summed E-state index contributed by atoms with van der Waals surface area (Å²) in [6.07, 6.45) is 2.81. The molecule has 0 spiro atoms. The molecule has 2 aliphatic heterocycles. The van der Waals surface area contributed by atoms with E-state index in [4.69, 9.17) is 5.11 Å². The molecule has 0 saturated heterocycles. The van der Waals surface area contributed by atoms with Crippen molar-refractivity contribution in [3.8, 4) is 0 Å². The third kappa shape index (κ3) is 5.47. The molecule has 41 heavy (non-hydrogen) atoms. The summed E-state index contributed by atoms with van der Waals surface area (Å²) in [7, 11) is 1.44. The number of carboxylic acid groups (broad SMARTS) is 1. The predicted octanol–water partition coefficient (Wildman–Crippen LogP) is 4.44. The summed E-state index contributed by atoms with van der Waals surface area (Å²) in [6.45, 7) is -0.751. The fourth-order valence-corrected chi connectivity index (χ4v) is 5.27. The van der Waals surface area contributed by atoms with E-state index in [0.717, 1.165) is 52.4 Å². The monoisotopic (exact) mass is 562 g/mol. The Kier molecular flexibility index (Phi) is 7.69. The van der Waals surface area contributed by atoms with Crippen LogP contribution in [0.15, 0.2) is 60.7 Å². The third-order valence-corrected chi connectivity index (χ3v) is 7.28. The zero-order valence-electron chi connectivity index (χ0n) is 22.3. The van der Waals surface area contributed by atoms with Gasteiger partial charge in [0.1, 0.15) is 18.8 Å². The Hall–Kier alpha value is -4.80. The summed E-state index contributed by atoms with van der Waals surface area (Å²) >= 11 is 0. The van der Waals surface area contributed by atoms with Crippen LogP contribution in [0, 0.1) is 11.6 Å². The van der Waals surface area contributed by atoms with Crippen LogP contribution in [0.1, 0.15) is 34.3 Å². The Bertz CT molecular complexity index is 1530. The molecule has 0 aliphatic carbocycles. The van der Waals surface area contributed by atoms with Crippen molar-refractivity contribution in [2.45, 2.75) is 25.8 Å². The van der Waals surface area contributed by atoms with Crippen molar-refractivity contribution in [3.05, 3.63) is 89.0 Å². The summed E-state index contributed by atoms with van der Waals surface area (Å²) in [6, 6.07) is 15.7. The van der Waals surface area contributed by atoms with Crippen LogP contribution < -0.4 is 14.7 Å². The molecule has 3 aromatic carbocycles. The minimum Gasteiger partial charge on any atom is -0.480 e. The molecule has 2 aliphatic rings.